The number of nitrogens with one attached hydrogen (secondary N) is 1. The van der Waals surface area contributed by atoms with Gasteiger partial charge in [0.15, 0.2) is 0 Å². The highest BCUT2D eigenvalue weighted by atomic mass is 19.1. The van der Waals surface area contributed by atoms with E-state index in [0.29, 0.717) is 22.8 Å². The molecule has 0 saturated carbocycles. The molecule has 128 valence electrons. The van der Waals surface area contributed by atoms with Crippen LogP contribution in [0.25, 0.3) is 11.4 Å². The van der Waals surface area contributed by atoms with E-state index in [1.54, 1.807) is 42.5 Å². The van der Waals surface area contributed by atoms with E-state index < -0.39 is 0 Å². The number of aromatic nitrogens is 6. The van der Waals surface area contributed by atoms with E-state index in [-0.39, 0.29) is 11.7 Å². The maximum absolute atomic E-state index is 13.5. The molecule has 1 N–H and O–H groups in total. The van der Waals surface area contributed by atoms with Gasteiger partial charge in [-0.1, -0.05) is 12.1 Å². The summed E-state index contributed by atoms with van der Waals surface area (Å²) in [5.41, 5.74) is 1.58. The SMILES string of the molecule is O=C(Nc1ccnn1-c1cccc(F)c1)c1cccc(-n2cnnn2)c1. The van der Waals surface area contributed by atoms with Gasteiger partial charge in [0, 0.05) is 11.6 Å². The van der Waals surface area contributed by atoms with Crippen LogP contribution in [0.3, 0.4) is 0 Å². The van der Waals surface area contributed by atoms with Gasteiger partial charge in [0.25, 0.3) is 5.91 Å². The summed E-state index contributed by atoms with van der Waals surface area (Å²) in [5, 5.41) is 17.9. The number of benzene rings is 2. The Balaban J connectivity index is 1.60. The molecule has 1 amide bonds. The number of hydrogen-bond acceptors (Lipinski definition) is 5. The molecule has 0 atom stereocenters. The molecule has 0 bridgehead atoms. The Labute approximate surface area is 146 Å². The Morgan fingerprint density at radius 2 is 1.88 bits per heavy atom. The lowest BCUT2D eigenvalue weighted by atomic mass is 10.2. The molecule has 9 heteroatoms. The predicted octanol–water partition coefficient (Wildman–Crippen LogP) is 2.24. The Kier molecular flexibility index (Phi) is 3.94. The highest BCUT2D eigenvalue weighted by Gasteiger charge is 2.12. The van der Waals surface area contributed by atoms with Gasteiger partial charge in [-0.05, 0) is 46.8 Å². The first-order valence-electron chi connectivity index (χ1n) is 7.65. The zero-order chi connectivity index (χ0) is 17.9. The van der Waals surface area contributed by atoms with Gasteiger partial charge in [-0.15, -0.1) is 5.10 Å². The van der Waals surface area contributed by atoms with E-state index >= 15 is 0 Å². The van der Waals surface area contributed by atoms with E-state index in [1.165, 1.54) is 34.0 Å². The van der Waals surface area contributed by atoms with Crippen molar-refractivity contribution in [1.29, 1.82) is 0 Å². The normalized spacial score (nSPS) is 10.7. The number of carbonyl (C=O) groups is 1. The minimum Gasteiger partial charge on any atom is -0.306 e. The predicted molar refractivity (Wildman–Crippen MR) is 90.6 cm³/mol. The lowest BCUT2D eigenvalue weighted by molar-refractivity contribution is 0.102. The molecule has 4 rings (SSSR count). The molecular weight excluding hydrogens is 337 g/mol. The molecule has 2 heterocycles. The summed E-state index contributed by atoms with van der Waals surface area (Å²) in [6.45, 7) is 0. The number of nitrogens with zero attached hydrogens (tertiary/aromatic N) is 6. The van der Waals surface area contributed by atoms with Crippen LogP contribution < -0.4 is 5.32 Å². The minimum absolute atomic E-state index is 0.335. The second-order valence-corrected chi connectivity index (χ2v) is 5.37. The lowest BCUT2D eigenvalue weighted by Gasteiger charge is -2.10. The fourth-order valence-electron chi connectivity index (χ4n) is 2.47. The number of amides is 1. The number of carbonyl (C=O) groups excluding carboxylic acids is 1. The molecule has 4 aromatic rings. The van der Waals surface area contributed by atoms with Gasteiger partial charge in [-0.2, -0.15) is 5.10 Å². The van der Waals surface area contributed by atoms with Gasteiger partial charge >= 0.3 is 0 Å². The van der Waals surface area contributed by atoms with Gasteiger partial charge in [-0.25, -0.2) is 13.8 Å². The summed E-state index contributed by atoms with van der Waals surface area (Å²) in [7, 11) is 0. The average molecular weight is 349 g/mol. The quantitative estimate of drug-likeness (QED) is 0.610. The molecule has 0 aliphatic carbocycles. The van der Waals surface area contributed by atoms with Crippen LogP contribution in [0.15, 0.2) is 67.1 Å². The summed E-state index contributed by atoms with van der Waals surface area (Å²) < 4.78 is 16.4. The lowest BCUT2D eigenvalue weighted by Crippen LogP contribution is -2.15. The number of tetrazole rings is 1. The van der Waals surface area contributed by atoms with Gasteiger partial charge < -0.3 is 5.32 Å². The van der Waals surface area contributed by atoms with Crippen LogP contribution in [0.4, 0.5) is 10.2 Å². The largest absolute Gasteiger partial charge is 0.306 e. The van der Waals surface area contributed by atoms with Crippen molar-refractivity contribution in [3.05, 3.63) is 78.5 Å². The topological polar surface area (TPSA) is 90.5 Å². The maximum Gasteiger partial charge on any atom is 0.256 e. The van der Waals surface area contributed by atoms with Crippen LogP contribution in [-0.2, 0) is 0 Å². The monoisotopic (exact) mass is 349 g/mol. The van der Waals surface area contributed by atoms with Crippen molar-refractivity contribution in [1.82, 2.24) is 30.0 Å². The van der Waals surface area contributed by atoms with Gasteiger partial charge in [-0.3, -0.25) is 4.79 Å². The molecule has 0 spiro atoms. The Morgan fingerprint density at radius 3 is 2.69 bits per heavy atom. The van der Waals surface area contributed by atoms with E-state index in [2.05, 4.69) is 25.9 Å². The molecular formula is C17H12FN7O. The van der Waals surface area contributed by atoms with Crippen molar-refractivity contribution in [2.75, 3.05) is 5.32 Å². The summed E-state index contributed by atoms with van der Waals surface area (Å²) in [5.74, 6) is -0.295. The zero-order valence-electron chi connectivity index (χ0n) is 13.3. The second kappa shape index (κ2) is 6.55. The van der Waals surface area contributed by atoms with Gasteiger partial charge in [0.05, 0.1) is 17.6 Å². The summed E-state index contributed by atoms with van der Waals surface area (Å²) >= 11 is 0. The Hall–Kier alpha value is -3.88. The molecule has 0 radical (unpaired) electrons. The molecule has 8 nitrogen and oxygen atoms in total. The van der Waals surface area contributed by atoms with Crippen molar-refractivity contribution < 1.29 is 9.18 Å². The van der Waals surface area contributed by atoms with Crippen molar-refractivity contribution in [3.8, 4) is 11.4 Å². The van der Waals surface area contributed by atoms with E-state index in [0.717, 1.165) is 0 Å². The smallest absolute Gasteiger partial charge is 0.256 e. The molecule has 2 aromatic heterocycles. The zero-order valence-corrected chi connectivity index (χ0v) is 13.3. The van der Waals surface area contributed by atoms with Crippen molar-refractivity contribution in [2.24, 2.45) is 0 Å². The van der Waals surface area contributed by atoms with Crippen LogP contribution in [0.2, 0.25) is 0 Å². The van der Waals surface area contributed by atoms with Crippen LogP contribution in [0.5, 0.6) is 0 Å². The summed E-state index contributed by atoms with van der Waals surface area (Å²) in [4.78, 5) is 12.6. The van der Waals surface area contributed by atoms with Crippen molar-refractivity contribution >= 4 is 11.7 Å². The van der Waals surface area contributed by atoms with Gasteiger partial charge in [0.2, 0.25) is 0 Å². The Morgan fingerprint density at radius 1 is 1.04 bits per heavy atom. The first-order chi connectivity index (χ1) is 12.7. The second-order valence-electron chi connectivity index (χ2n) is 5.37. The highest BCUT2D eigenvalue weighted by molar-refractivity contribution is 6.04. The molecule has 0 saturated heterocycles. The van der Waals surface area contributed by atoms with Crippen molar-refractivity contribution in [2.45, 2.75) is 0 Å². The summed E-state index contributed by atoms with van der Waals surface area (Å²) in [6.07, 6.45) is 2.97. The van der Waals surface area contributed by atoms with E-state index in [4.69, 9.17) is 0 Å². The van der Waals surface area contributed by atoms with E-state index in [9.17, 15) is 9.18 Å². The number of anilines is 1. The average Bonchev–Trinajstić information content (AvgIpc) is 3.34. The standard InChI is InChI=1S/C17H12FN7O/c18-13-4-2-6-15(10-13)25-16(7-8-20-25)21-17(26)12-3-1-5-14(9-12)24-11-19-22-23-24/h1-11H,(H,21,26). The molecule has 0 unspecified atom stereocenters. The first-order valence-corrected chi connectivity index (χ1v) is 7.65. The van der Waals surface area contributed by atoms with Crippen LogP contribution >= 0.6 is 0 Å². The minimum atomic E-state index is -0.385. The van der Waals surface area contributed by atoms with Crippen LogP contribution in [0, 0.1) is 5.82 Å². The van der Waals surface area contributed by atoms with E-state index in [1.807, 2.05) is 0 Å². The van der Waals surface area contributed by atoms with Gasteiger partial charge in [0.1, 0.15) is 18.0 Å². The van der Waals surface area contributed by atoms with Crippen LogP contribution in [0.1, 0.15) is 10.4 Å². The molecule has 26 heavy (non-hydrogen) atoms. The summed E-state index contributed by atoms with van der Waals surface area (Å²) in [6, 6.07) is 14.4. The fourth-order valence-corrected chi connectivity index (χ4v) is 2.47. The third-order valence-electron chi connectivity index (χ3n) is 3.66. The Bertz CT molecular complexity index is 1060. The molecule has 0 aliphatic heterocycles. The molecule has 0 fully saturated rings. The highest BCUT2D eigenvalue weighted by Crippen LogP contribution is 2.17. The maximum atomic E-state index is 13.5. The first kappa shape index (κ1) is 15.6. The third kappa shape index (κ3) is 3.05. The van der Waals surface area contributed by atoms with Crippen LogP contribution in [-0.4, -0.2) is 35.9 Å². The number of hydrogen-bond donors (Lipinski definition) is 1. The fraction of sp³-hybridized carbons (Fsp3) is 0. The molecule has 2 aromatic carbocycles. The number of halogens is 1. The third-order valence-corrected chi connectivity index (χ3v) is 3.66. The number of rotatable bonds is 4. The molecule has 0 aliphatic rings. The van der Waals surface area contributed by atoms with Crippen molar-refractivity contribution in [3.63, 3.8) is 0 Å².